The smallest absolute Gasteiger partial charge is 0.255 e. The van der Waals surface area contributed by atoms with Crippen LogP contribution < -0.4 is 5.32 Å². The quantitative estimate of drug-likeness (QED) is 0.624. The molecule has 1 N–H and O–H groups in total. The molecule has 0 aliphatic heterocycles. The predicted molar refractivity (Wildman–Crippen MR) is 97.5 cm³/mol. The van der Waals surface area contributed by atoms with E-state index < -0.39 is 0 Å². The van der Waals surface area contributed by atoms with Crippen LogP contribution in [0.4, 0.5) is 5.69 Å². The number of rotatable bonds is 5. The molecule has 0 bridgehead atoms. The minimum Gasteiger partial charge on any atom is -0.322 e. The number of halogens is 1. The molecular weight excluding hydrogens is 348 g/mol. The molecular formula is C17H13ClN2OS2. The van der Waals surface area contributed by atoms with Crippen LogP contribution in [0.15, 0.2) is 64.3 Å². The van der Waals surface area contributed by atoms with Crippen molar-refractivity contribution < 1.29 is 4.79 Å². The molecule has 3 nitrogen and oxygen atoms in total. The molecule has 0 radical (unpaired) electrons. The first kappa shape index (κ1) is 16.1. The fourth-order valence-corrected chi connectivity index (χ4v) is 3.59. The van der Waals surface area contributed by atoms with Crippen LogP contribution in [-0.2, 0) is 5.75 Å². The third kappa shape index (κ3) is 4.58. The number of amides is 1. The molecule has 3 rings (SSSR count). The Kier molecular flexibility index (Phi) is 5.33. The normalized spacial score (nSPS) is 10.5. The van der Waals surface area contributed by atoms with Gasteiger partial charge in [-0.3, -0.25) is 4.79 Å². The Morgan fingerprint density at radius 3 is 2.74 bits per heavy atom. The Bertz CT molecular complexity index is 789. The summed E-state index contributed by atoms with van der Waals surface area (Å²) in [6.07, 6.45) is 0. The summed E-state index contributed by atoms with van der Waals surface area (Å²) in [5, 5.41) is 5.47. The predicted octanol–water partition coefficient (Wildman–Crippen LogP) is 5.34. The first-order chi connectivity index (χ1) is 11.2. The van der Waals surface area contributed by atoms with Crippen molar-refractivity contribution in [2.75, 3.05) is 5.32 Å². The Morgan fingerprint density at radius 1 is 1.22 bits per heavy atom. The minimum absolute atomic E-state index is 0.150. The number of thiazole rings is 1. The fraction of sp³-hybridized carbons (Fsp3) is 0.0588. The van der Waals surface area contributed by atoms with E-state index in [9.17, 15) is 4.79 Å². The number of anilines is 1. The van der Waals surface area contributed by atoms with E-state index in [1.807, 2.05) is 41.2 Å². The van der Waals surface area contributed by atoms with Gasteiger partial charge in [0.2, 0.25) is 0 Å². The molecule has 0 aliphatic rings. The van der Waals surface area contributed by atoms with Gasteiger partial charge in [0.05, 0.1) is 11.2 Å². The molecule has 0 spiro atoms. The SMILES string of the molecule is O=C(Nc1cccc(Cl)c1)c1ccc(SCc2cscn2)cc1. The molecule has 0 aliphatic carbocycles. The third-order valence-corrected chi connectivity index (χ3v) is 4.99. The average molecular weight is 361 g/mol. The van der Waals surface area contributed by atoms with Crippen LogP contribution in [0.25, 0.3) is 0 Å². The van der Waals surface area contributed by atoms with Crippen LogP contribution in [0.2, 0.25) is 5.02 Å². The molecule has 0 fully saturated rings. The van der Waals surface area contributed by atoms with Crippen LogP contribution in [0.1, 0.15) is 16.1 Å². The average Bonchev–Trinajstić information content (AvgIpc) is 3.07. The van der Waals surface area contributed by atoms with Gasteiger partial charge in [-0.1, -0.05) is 17.7 Å². The largest absolute Gasteiger partial charge is 0.322 e. The maximum Gasteiger partial charge on any atom is 0.255 e. The zero-order chi connectivity index (χ0) is 16.1. The zero-order valence-corrected chi connectivity index (χ0v) is 14.4. The first-order valence-corrected chi connectivity index (χ1v) is 9.18. The lowest BCUT2D eigenvalue weighted by molar-refractivity contribution is 0.102. The van der Waals surface area contributed by atoms with Gasteiger partial charge in [0.1, 0.15) is 0 Å². The summed E-state index contributed by atoms with van der Waals surface area (Å²) >= 11 is 9.21. The summed E-state index contributed by atoms with van der Waals surface area (Å²) < 4.78 is 0. The van der Waals surface area contributed by atoms with Crippen molar-refractivity contribution in [3.05, 3.63) is 75.7 Å². The van der Waals surface area contributed by atoms with Crippen LogP contribution in [0, 0.1) is 0 Å². The highest BCUT2D eigenvalue weighted by atomic mass is 35.5. The summed E-state index contributed by atoms with van der Waals surface area (Å²) in [5.74, 6) is 0.681. The van der Waals surface area contributed by atoms with Crippen molar-refractivity contribution in [2.45, 2.75) is 10.6 Å². The second kappa shape index (κ2) is 7.64. The van der Waals surface area contributed by atoms with Crippen molar-refractivity contribution in [3.8, 4) is 0 Å². The number of carbonyl (C=O) groups excluding carboxylic acids is 1. The molecule has 0 saturated carbocycles. The van der Waals surface area contributed by atoms with Crippen LogP contribution in [0.3, 0.4) is 0 Å². The number of aromatic nitrogens is 1. The highest BCUT2D eigenvalue weighted by Crippen LogP contribution is 2.23. The Balaban J connectivity index is 1.61. The van der Waals surface area contributed by atoms with E-state index in [2.05, 4.69) is 10.3 Å². The van der Waals surface area contributed by atoms with Crippen LogP contribution in [-0.4, -0.2) is 10.9 Å². The number of benzene rings is 2. The lowest BCUT2D eigenvalue weighted by atomic mass is 10.2. The minimum atomic E-state index is -0.150. The molecule has 0 atom stereocenters. The highest BCUT2D eigenvalue weighted by molar-refractivity contribution is 7.98. The van der Waals surface area contributed by atoms with Crippen molar-refractivity contribution in [2.24, 2.45) is 0 Å². The zero-order valence-electron chi connectivity index (χ0n) is 12.0. The second-order valence-corrected chi connectivity index (χ2v) is 6.96. The Hall–Kier alpha value is -1.82. The van der Waals surface area contributed by atoms with Crippen molar-refractivity contribution in [1.29, 1.82) is 0 Å². The molecule has 23 heavy (non-hydrogen) atoms. The summed E-state index contributed by atoms with van der Waals surface area (Å²) in [6, 6.07) is 14.6. The van der Waals surface area contributed by atoms with E-state index in [0.29, 0.717) is 16.3 Å². The standard InChI is InChI=1S/C17H13ClN2OS2/c18-13-2-1-3-14(8-13)20-17(21)12-4-6-16(7-5-12)23-10-15-9-22-11-19-15/h1-9,11H,10H2,(H,20,21). The number of carbonyl (C=O) groups is 1. The van der Waals surface area contributed by atoms with Crippen LogP contribution in [0.5, 0.6) is 0 Å². The molecule has 0 saturated heterocycles. The van der Waals surface area contributed by atoms with Gasteiger partial charge in [-0.25, -0.2) is 4.98 Å². The van der Waals surface area contributed by atoms with E-state index >= 15 is 0 Å². The second-order valence-electron chi connectivity index (χ2n) is 4.76. The molecule has 3 aromatic rings. The number of hydrogen-bond donors (Lipinski definition) is 1. The van der Waals surface area contributed by atoms with Gasteiger partial charge in [0.15, 0.2) is 0 Å². The lowest BCUT2D eigenvalue weighted by Crippen LogP contribution is -2.11. The Labute approximate surface area is 147 Å². The molecule has 1 aromatic heterocycles. The van der Waals surface area contributed by atoms with Gasteiger partial charge in [0, 0.05) is 32.3 Å². The number of thioether (sulfide) groups is 1. The topological polar surface area (TPSA) is 42.0 Å². The Morgan fingerprint density at radius 2 is 2.04 bits per heavy atom. The van der Waals surface area contributed by atoms with Gasteiger partial charge in [0.25, 0.3) is 5.91 Å². The summed E-state index contributed by atoms with van der Waals surface area (Å²) in [7, 11) is 0. The van der Waals surface area contributed by atoms with E-state index in [1.54, 1.807) is 41.3 Å². The summed E-state index contributed by atoms with van der Waals surface area (Å²) in [6.45, 7) is 0. The molecule has 1 amide bonds. The van der Waals surface area contributed by atoms with Gasteiger partial charge in [-0.2, -0.15) is 0 Å². The van der Waals surface area contributed by atoms with E-state index in [4.69, 9.17) is 11.6 Å². The fourth-order valence-electron chi connectivity index (χ4n) is 1.94. The van der Waals surface area contributed by atoms with E-state index in [-0.39, 0.29) is 5.91 Å². The molecule has 6 heteroatoms. The summed E-state index contributed by atoms with van der Waals surface area (Å²) in [5.41, 5.74) is 4.20. The molecule has 0 unspecified atom stereocenters. The maximum absolute atomic E-state index is 12.2. The monoisotopic (exact) mass is 360 g/mol. The maximum atomic E-state index is 12.2. The third-order valence-electron chi connectivity index (χ3n) is 3.07. The first-order valence-electron chi connectivity index (χ1n) is 6.87. The van der Waals surface area contributed by atoms with E-state index in [0.717, 1.165) is 16.3 Å². The number of nitrogens with zero attached hydrogens (tertiary/aromatic N) is 1. The van der Waals surface area contributed by atoms with Crippen LogP contribution >= 0.6 is 34.7 Å². The van der Waals surface area contributed by atoms with Crippen molar-refractivity contribution in [3.63, 3.8) is 0 Å². The highest BCUT2D eigenvalue weighted by Gasteiger charge is 2.07. The number of hydrogen-bond acceptors (Lipinski definition) is 4. The lowest BCUT2D eigenvalue weighted by Gasteiger charge is -2.06. The van der Waals surface area contributed by atoms with Crippen molar-refractivity contribution in [1.82, 2.24) is 4.98 Å². The van der Waals surface area contributed by atoms with Crippen molar-refractivity contribution >= 4 is 46.3 Å². The number of nitrogens with one attached hydrogen (secondary N) is 1. The summed E-state index contributed by atoms with van der Waals surface area (Å²) in [4.78, 5) is 17.6. The molecule has 116 valence electrons. The molecule has 1 heterocycles. The van der Waals surface area contributed by atoms with Gasteiger partial charge < -0.3 is 5.32 Å². The van der Waals surface area contributed by atoms with E-state index in [1.165, 1.54) is 0 Å². The van der Waals surface area contributed by atoms with Gasteiger partial charge >= 0.3 is 0 Å². The van der Waals surface area contributed by atoms with Gasteiger partial charge in [-0.05, 0) is 42.5 Å². The van der Waals surface area contributed by atoms with Gasteiger partial charge in [-0.15, -0.1) is 23.1 Å². The molecule has 2 aromatic carbocycles.